The van der Waals surface area contributed by atoms with Crippen molar-refractivity contribution in [1.29, 1.82) is 0 Å². The Labute approximate surface area is 140 Å². The zero-order valence-electron chi connectivity index (χ0n) is 12.3. The van der Waals surface area contributed by atoms with E-state index in [1.807, 2.05) is 0 Å². The molecule has 24 heavy (non-hydrogen) atoms. The van der Waals surface area contributed by atoms with E-state index in [0.29, 0.717) is 17.1 Å². The van der Waals surface area contributed by atoms with Crippen LogP contribution in [0.15, 0.2) is 58.2 Å². The van der Waals surface area contributed by atoms with E-state index >= 15 is 0 Å². The SMILES string of the molecule is O=C(CSc1nnc(-c2ccc(O)cc2)o1)Nc1cccc(F)c1. The van der Waals surface area contributed by atoms with Gasteiger partial charge in [-0.05, 0) is 42.5 Å². The molecule has 0 radical (unpaired) electrons. The molecule has 3 aromatic rings. The molecule has 2 aromatic carbocycles. The highest BCUT2D eigenvalue weighted by atomic mass is 32.2. The van der Waals surface area contributed by atoms with Gasteiger partial charge in [0.2, 0.25) is 11.8 Å². The van der Waals surface area contributed by atoms with Crippen LogP contribution in [0.1, 0.15) is 0 Å². The summed E-state index contributed by atoms with van der Waals surface area (Å²) in [4.78, 5) is 11.8. The number of nitrogens with one attached hydrogen (secondary N) is 1. The number of rotatable bonds is 5. The molecule has 8 heteroatoms. The number of hydrogen-bond donors (Lipinski definition) is 2. The predicted molar refractivity (Wildman–Crippen MR) is 87.2 cm³/mol. The summed E-state index contributed by atoms with van der Waals surface area (Å²) in [5.74, 6) is -0.246. The predicted octanol–water partition coefficient (Wildman–Crippen LogP) is 3.31. The van der Waals surface area contributed by atoms with E-state index in [0.717, 1.165) is 11.8 Å². The summed E-state index contributed by atoms with van der Waals surface area (Å²) in [6.45, 7) is 0. The fourth-order valence-corrected chi connectivity index (χ4v) is 2.44. The van der Waals surface area contributed by atoms with Gasteiger partial charge in [-0.3, -0.25) is 4.79 Å². The second-order valence-corrected chi connectivity index (χ2v) is 5.69. The lowest BCUT2D eigenvalue weighted by Crippen LogP contribution is -2.14. The maximum Gasteiger partial charge on any atom is 0.277 e. The average Bonchev–Trinajstić information content (AvgIpc) is 3.03. The van der Waals surface area contributed by atoms with Gasteiger partial charge in [0.1, 0.15) is 11.6 Å². The number of halogens is 1. The third kappa shape index (κ3) is 4.11. The first-order valence-electron chi connectivity index (χ1n) is 6.91. The van der Waals surface area contributed by atoms with Gasteiger partial charge in [0, 0.05) is 11.3 Å². The number of aromatic nitrogens is 2. The normalized spacial score (nSPS) is 10.5. The van der Waals surface area contributed by atoms with Gasteiger partial charge < -0.3 is 14.8 Å². The lowest BCUT2D eigenvalue weighted by Gasteiger charge is -2.03. The molecule has 1 amide bonds. The van der Waals surface area contributed by atoms with Crippen molar-refractivity contribution in [3.05, 3.63) is 54.3 Å². The number of nitrogens with zero attached hydrogens (tertiary/aromatic N) is 2. The van der Waals surface area contributed by atoms with Crippen molar-refractivity contribution >= 4 is 23.4 Å². The van der Waals surface area contributed by atoms with Gasteiger partial charge in [0.05, 0.1) is 5.75 Å². The summed E-state index contributed by atoms with van der Waals surface area (Å²) in [6, 6.07) is 12.0. The second kappa shape index (κ2) is 7.14. The lowest BCUT2D eigenvalue weighted by atomic mass is 10.2. The Balaban J connectivity index is 1.57. The highest BCUT2D eigenvalue weighted by Crippen LogP contribution is 2.24. The first-order valence-corrected chi connectivity index (χ1v) is 7.90. The molecule has 0 aliphatic rings. The van der Waals surface area contributed by atoms with Crippen LogP contribution in [-0.2, 0) is 4.79 Å². The minimum atomic E-state index is -0.420. The molecule has 3 rings (SSSR count). The zero-order chi connectivity index (χ0) is 16.9. The largest absolute Gasteiger partial charge is 0.508 e. The van der Waals surface area contributed by atoms with Crippen molar-refractivity contribution in [2.24, 2.45) is 0 Å². The highest BCUT2D eigenvalue weighted by molar-refractivity contribution is 7.99. The standard InChI is InChI=1S/C16H12FN3O3S/c17-11-2-1-3-12(8-11)18-14(22)9-24-16-20-19-15(23-16)10-4-6-13(21)7-5-10/h1-8,21H,9H2,(H,18,22). The van der Waals surface area contributed by atoms with Crippen LogP contribution in [0.25, 0.3) is 11.5 Å². The molecule has 0 saturated heterocycles. The van der Waals surface area contributed by atoms with Gasteiger partial charge in [0.15, 0.2) is 0 Å². The number of aromatic hydroxyl groups is 1. The van der Waals surface area contributed by atoms with Crippen LogP contribution >= 0.6 is 11.8 Å². The number of carbonyl (C=O) groups is 1. The number of hydrogen-bond acceptors (Lipinski definition) is 6. The van der Waals surface area contributed by atoms with Crippen LogP contribution in [0.2, 0.25) is 0 Å². The molecular formula is C16H12FN3O3S. The molecule has 0 aliphatic carbocycles. The van der Waals surface area contributed by atoms with E-state index in [1.165, 1.54) is 30.3 Å². The number of benzene rings is 2. The van der Waals surface area contributed by atoms with Crippen LogP contribution in [-0.4, -0.2) is 27.0 Å². The van der Waals surface area contributed by atoms with Gasteiger partial charge in [-0.25, -0.2) is 4.39 Å². The van der Waals surface area contributed by atoms with E-state index in [4.69, 9.17) is 4.42 Å². The topological polar surface area (TPSA) is 88.2 Å². The van der Waals surface area contributed by atoms with Crippen molar-refractivity contribution in [1.82, 2.24) is 10.2 Å². The molecule has 0 fully saturated rings. The molecule has 1 heterocycles. The van der Waals surface area contributed by atoms with Crippen LogP contribution < -0.4 is 5.32 Å². The minimum Gasteiger partial charge on any atom is -0.508 e. The molecule has 1 aromatic heterocycles. The molecule has 0 atom stereocenters. The molecule has 6 nitrogen and oxygen atoms in total. The summed E-state index contributed by atoms with van der Waals surface area (Å²) >= 11 is 1.08. The molecule has 0 bridgehead atoms. The quantitative estimate of drug-likeness (QED) is 0.690. The molecule has 122 valence electrons. The maximum atomic E-state index is 13.1. The Morgan fingerprint density at radius 2 is 2.00 bits per heavy atom. The zero-order valence-corrected chi connectivity index (χ0v) is 13.1. The van der Waals surface area contributed by atoms with E-state index in [2.05, 4.69) is 15.5 Å². The van der Waals surface area contributed by atoms with Crippen LogP contribution in [0.4, 0.5) is 10.1 Å². The number of carbonyl (C=O) groups excluding carboxylic acids is 1. The third-order valence-electron chi connectivity index (χ3n) is 2.96. The smallest absolute Gasteiger partial charge is 0.277 e. The van der Waals surface area contributed by atoms with Crippen LogP contribution in [0.5, 0.6) is 5.75 Å². The molecule has 0 saturated carbocycles. The Bertz CT molecular complexity index is 852. The highest BCUT2D eigenvalue weighted by Gasteiger charge is 2.11. The van der Waals surface area contributed by atoms with E-state index in [9.17, 15) is 14.3 Å². The second-order valence-electron chi connectivity index (χ2n) is 4.77. The van der Waals surface area contributed by atoms with Gasteiger partial charge in [0.25, 0.3) is 5.22 Å². The van der Waals surface area contributed by atoms with Gasteiger partial charge >= 0.3 is 0 Å². The Morgan fingerprint density at radius 3 is 2.75 bits per heavy atom. The average molecular weight is 345 g/mol. The fourth-order valence-electron chi connectivity index (χ4n) is 1.88. The van der Waals surface area contributed by atoms with E-state index in [-0.39, 0.29) is 22.6 Å². The Morgan fingerprint density at radius 1 is 1.21 bits per heavy atom. The van der Waals surface area contributed by atoms with Gasteiger partial charge in [-0.1, -0.05) is 17.8 Å². The molecule has 0 unspecified atom stereocenters. The fraction of sp³-hybridized carbons (Fsp3) is 0.0625. The summed E-state index contributed by atoms with van der Waals surface area (Å²) < 4.78 is 18.5. The van der Waals surface area contributed by atoms with Gasteiger partial charge in [-0.15, -0.1) is 10.2 Å². The summed E-state index contributed by atoms with van der Waals surface area (Å²) in [6.07, 6.45) is 0. The maximum absolute atomic E-state index is 13.1. The van der Waals surface area contributed by atoms with Gasteiger partial charge in [-0.2, -0.15) is 0 Å². The monoisotopic (exact) mass is 345 g/mol. The van der Waals surface area contributed by atoms with E-state index < -0.39 is 5.82 Å². The number of amides is 1. The van der Waals surface area contributed by atoms with E-state index in [1.54, 1.807) is 18.2 Å². The van der Waals surface area contributed by atoms with Crippen molar-refractivity contribution in [2.45, 2.75) is 5.22 Å². The van der Waals surface area contributed by atoms with Crippen molar-refractivity contribution in [3.8, 4) is 17.2 Å². The van der Waals surface area contributed by atoms with Crippen molar-refractivity contribution in [3.63, 3.8) is 0 Å². The van der Waals surface area contributed by atoms with Crippen molar-refractivity contribution in [2.75, 3.05) is 11.1 Å². The Kier molecular flexibility index (Phi) is 4.76. The molecular weight excluding hydrogens is 333 g/mol. The first-order chi connectivity index (χ1) is 11.6. The van der Waals surface area contributed by atoms with Crippen LogP contribution in [0, 0.1) is 5.82 Å². The number of thioether (sulfide) groups is 1. The Hall–Kier alpha value is -2.87. The molecule has 0 aliphatic heterocycles. The number of anilines is 1. The first kappa shape index (κ1) is 16.0. The summed E-state index contributed by atoms with van der Waals surface area (Å²) in [5, 5.41) is 19.8. The van der Waals surface area contributed by atoms with Crippen molar-refractivity contribution < 1.29 is 18.7 Å². The third-order valence-corrected chi connectivity index (χ3v) is 3.77. The number of phenolic OH excluding ortho intramolecular Hbond substituents is 1. The summed E-state index contributed by atoms with van der Waals surface area (Å²) in [7, 11) is 0. The lowest BCUT2D eigenvalue weighted by molar-refractivity contribution is -0.113. The molecule has 2 N–H and O–H groups in total. The minimum absolute atomic E-state index is 0.0493. The number of phenols is 1. The summed E-state index contributed by atoms with van der Waals surface area (Å²) in [5.41, 5.74) is 1.05. The van der Waals surface area contributed by atoms with Crippen LogP contribution in [0.3, 0.4) is 0 Å². The molecule has 0 spiro atoms.